The van der Waals surface area contributed by atoms with Crippen LogP contribution >= 0.6 is 0 Å². The molecular formula is C22H29N3O2. The molecule has 2 aromatic carbocycles. The highest BCUT2D eigenvalue weighted by Gasteiger charge is 2.25. The van der Waals surface area contributed by atoms with Gasteiger partial charge in [0.2, 0.25) is 0 Å². The second kappa shape index (κ2) is 9.53. The highest BCUT2D eigenvalue weighted by atomic mass is 16.5. The lowest BCUT2D eigenvalue weighted by Crippen LogP contribution is -2.47. The fraction of sp³-hybridized carbons (Fsp3) is 0.409. The van der Waals surface area contributed by atoms with Crippen molar-refractivity contribution < 1.29 is 9.53 Å². The average molecular weight is 367 g/mol. The first-order valence-corrected chi connectivity index (χ1v) is 9.57. The van der Waals surface area contributed by atoms with E-state index >= 15 is 0 Å². The van der Waals surface area contributed by atoms with Gasteiger partial charge in [-0.15, -0.1) is 0 Å². The number of rotatable bonds is 7. The van der Waals surface area contributed by atoms with Crippen LogP contribution in [0.15, 0.2) is 54.6 Å². The number of nitrogens with zero attached hydrogens (tertiary/aromatic N) is 2. The van der Waals surface area contributed by atoms with Crippen LogP contribution in [0.25, 0.3) is 0 Å². The summed E-state index contributed by atoms with van der Waals surface area (Å²) < 4.78 is 5.18. The van der Waals surface area contributed by atoms with Crippen molar-refractivity contribution in [2.45, 2.75) is 12.5 Å². The van der Waals surface area contributed by atoms with Crippen LogP contribution in [-0.2, 0) is 0 Å². The molecule has 0 bridgehead atoms. The molecule has 1 atom stereocenters. The quantitative estimate of drug-likeness (QED) is 0.765. The Morgan fingerprint density at radius 3 is 2.74 bits per heavy atom. The third kappa shape index (κ3) is 5.31. The summed E-state index contributed by atoms with van der Waals surface area (Å²) in [6, 6.07) is 18.4. The van der Waals surface area contributed by atoms with E-state index < -0.39 is 0 Å². The normalized spacial score (nSPS) is 18.2. The molecule has 5 heteroatoms. The molecule has 0 aromatic heterocycles. The van der Waals surface area contributed by atoms with E-state index in [4.69, 9.17) is 4.74 Å². The van der Waals surface area contributed by atoms with Gasteiger partial charge in [0, 0.05) is 44.3 Å². The minimum absolute atomic E-state index is 0.0492. The number of methoxy groups -OCH3 is 1. The van der Waals surface area contributed by atoms with Crippen LogP contribution in [0, 0.1) is 0 Å². The van der Waals surface area contributed by atoms with E-state index in [1.807, 2.05) is 18.2 Å². The van der Waals surface area contributed by atoms with Crippen LogP contribution in [-0.4, -0.2) is 62.6 Å². The number of hydrogen-bond donors (Lipinski definition) is 1. The zero-order valence-corrected chi connectivity index (χ0v) is 16.2. The fourth-order valence-electron chi connectivity index (χ4n) is 3.57. The van der Waals surface area contributed by atoms with Crippen LogP contribution < -0.4 is 10.1 Å². The highest BCUT2D eigenvalue weighted by Crippen LogP contribution is 2.24. The van der Waals surface area contributed by atoms with Crippen molar-refractivity contribution in [3.05, 3.63) is 65.7 Å². The minimum atomic E-state index is -0.0492. The van der Waals surface area contributed by atoms with Gasteiger partial charge in [-0.05, 0) is 37.2 Å². The predicted octanol–water partition coefficient (Wildman–Crippen LogP) is 2.80. The fourth-order valence-corrected chi connectivity index (χ4v) is 3.57. The number of piperazine rings is 1. The molecule has 0 unspecified atom stereocenters. The van der Waals surface area contributed by atoms with Crippen LogP contribution in [0.5, 0.6) is 5.75 Å². The van der Waals surface area contributed by atoms with E-state index in [1.54, 1.807) is 13.2 Å². The number of carbonyl (C=O) groups excluding carboxylic acids is 1. The Kier molecular flexibility index (Phi) is 6.85. The van der Waals surface area contributed by atoms with Crippen LogP contribution in [0.3, 0.4) is 0 Å². The number of ether oxygens (including phenoxy) is 1. The number of hydrogen-bond acceptors (Lipinski definition) is 4. The van der Waals surface area contributed by atoms with E-state index in [0.717, 1.165) is 32.6 Å². The second-order valence-corrected chi connectivity index (χ2v) is 7.07. The molecule has 5 nitrogen and oxygen atoms in total. The van der Waals surface area contributed by atoms with Crippen molar-refractivity contribution in [1.82, 2.24) is 15.1 Å². The molecule has 0 aliphatic carbocycles. The summed E-state index contributed by atoms with van der Waals surface area (Å²) in [6.45, 7) is 4.83. The molecule has 1 N–H and O–H groups in total. The highest BCUT2D eigenvalue weighted by molar-refractivity contribution is 5.94. The summed E-state index contributed by atoms with van der Waals surface area (Å²) in [5.41, 5.74) is 2.00. The molecule has 1 fully saturated rings. The predicted molar refractivity (Wildman–Crippen MR) is 108 cm³/mol. The van der Waals surface area contributed by atoms with Gasteiger partial charge in [0.05, 0.1) is 7.11 Å². The molecule has 1 aliphatic heterocycles. The summed E-state index contributed by atoms with van der Waals surface area (Å²) in [5.74, 6) is 0.651. The maximum absolute atomic E-state index is 12.3. The zero-order chi connectivity index (χ0) is 19.1. The van der Waals surface area contributed by atoms with Crippen molar-refractivity contribution in [3.8, 4) is 5.75 Å². The first-order valence-electron chi connectivity index (χ1n) is 9.57. The lowest BCUT2D eigenvalue weighted by atomic mass is 10.0. The Morgan fingerprint density at radius 2 is 1.96 bits per heavy atom. The molecule has 27 heavy (non-hydrogen) atoms. The van der Waals surface area contributed by atoms with Gasteiger partial charge in [-0.2, -0.15) is 0 Å². The topological polar surface area (TPSA) is 44.8 Å². The summed E-state index contributed by atoms with van der Waals surface area (Å²) in [7, 11) is 3.79. The molecule has 1 aliphatic rings. The molecule has 3 rings (SSSR count). The van der Waals surface area contributed by atoms with Gasteiger partial charge in [-0.3, -0.25) is 9.69 Å². The monoisotopic (exact) mass is 367 g/mol. The van der Waals surface area contributed by atoms with Crippen molar-refractivity contribution in [2.75, 3.05) is 46.9 Å². The Bertz CT molecular complexity index is 735. The van der Waals surface area contributed by atoms with Gasteiger partial charge < -0.3 is 15.0 Å². The molecule has 1 amide bonds. The van der Waals surface area contributed by atoms with Crippen molar-refractivity contribution in [3.63, 3.8) is 0 Å². The van der Waals surface area contributed by atoms with Gasteiger partial charge in [-0.1, -0.05) is 36.4 Å². The molecule has 0 saturated carbocycles. The summed E-state index contributed by atoms with van der Waals surface area (Å²) in [6.07, 6.45) is 0.933. The first kappa shape index (κ1) is 19.4. The molecule has 0 radical (unpaired) electrons. The van der Waals surface area contributed by atoms with E-state index in [1.165, 1.54) is 5.56 Å². The molecule has 144 valence electrons. The third-order valence-corrected chi connectivity index (χ3v) is 5.12. The van der Waals surface area contributed by atoms with Crippen molar-refractivity contribution in [1.29, 1.82) is 0 Å². The Labute approximate surface area is 161 Å². The Hall–Kier alpha value is -2.37. The number of carbonyl (C=O) groups is 1. The van der Waals surface area contributed by atoms with E-state index in [2.05, 4.69) is 52.5 Å². The molecule has 0 spiro atoms. The number of likely N-dealkylation sites (N-methyl/N-ethyl adjacent to an activating group) is 1. The summed E-state index contributed by atoms with van der Waals surface area (Å²) in [5, 5.41) is 3.02. The SMILES string of the molecule is COc1cccc(C(=O)NCCCN2CCN(C)C[C@H]2c2ccccc2)c1. The Morgan fingerprint density at radius 1 is 1.15 bits per heavy atom. The number of nitrogens with one attached hydrogen (secondary N) is 1. The van der Waals surface area contributed by atoms with Gasteiger partial charge in [0.15, 0.2) is 0 Å². The second-order valence-electron chi connectivity index (χ2n) is 7.07. The summed E-state index contributed by atoms with van der Waals surface area (Å²) in [4.78, 5) is 17.2. The van der Waals surface area contributed by atoms with Crippen molar-refractivity contribution >= 4 is 5.91 Å². The molecule has 1 saturated heterocycles. The average Bonchev–Trinajstić information content (AvgIpc) is 2.72. The van der Waals surface area contributed by atoms with Gasteiger partial charge in [0.25, 0.3) is 5.91 Å². The lowest BCUT2D eigenvalue weighted by Gasteiger charge is -2.40. The first-order chi connectivity index (χ1) is 13.2. The maximum atomic E-state index is 12.3. The van der Waals surface area contributed by atoms with E-state index in [9.17, 15) is 4.79 Å². The minimum Gasteiger partial charge on any atom is -0.497 e. The lowest BCUT2D eigenvalue weighted by molar-refractivity contribution is 0.0865. The van der Waals surface area contributed by atoms with Crippen LogP contribution in [0.1, 0.15) is 28.4 Å². The Balaban J connectivity index is 1.50. The van der Waals surface area contributed by atoms with Gasteiger partial charge in [0.1, 0.15) is 5.75 Å². The third-order valence-electron chi connectivity index (χ3n) is 5.12. The summed E-state index contributed by atoms with van der Waals surface area (Å²) >= 11 is 0. The molecular weight excluding hydrogens is 338 g/mol. The largest absolute Gasteiger partial charge is 0.497 e. The molecule has 2 aromatic rings. The van der Waals surface area contributed by atoms with E-state index in [0.29, 0.717) is 23.9 Å². The number of benzene rings is 2. The van der Waals surface area contributed by atoms with Gasteiger partial charge >= 0.3 is 0 Å². The maximum Gasteiger partial charge on any atom is 0.251 e. The zero-order valence-electron chi connectivity index (χ0n) is 16.2. The van der Waals surface area contributed by atoms with Crippen molar-refractivity contribution in [2.24, 2.45) is 0 Å². The van der Waals surface area contributed by atoms with Crippen LogP contribution in [0.2, 0.25) is 0 Å². The van der Waals surface area contributed by atoms with Gasteiger partial charge in [-0.25, -0.2) is 0 Å². The van der Waals surface area contributed by atoms with E-state index in [-0.39, 0.29) is 5.91 Å². The van der Waals surface area contributed by atoms with Crippen LogP contribution in [0.4, 0.5) is 0 Å². The standard InChI is InChI=1S/C22H29N3O2/c1-24-14-15-25(21(17-24)18-8-4-3-5-9-18)13-7-12-23-22(26)19-10-6-11-20(16-19)27-2/h3-6,8-11,16,21H,7,12-15,17H2,1-2H3,(H,23,26)/t21-/m0/s1. The number of amides is 1. The molecule has 1 heterocycles. The smallest absolute Gasteiger partial charge is 0.251 e.